The number of ether oxygens (including phenoxy) is 1. The van der Waals surface area contributed by atoms with Crippen molar-refractivity contribution < 1.29 is 40.2 Å². The summed E-state index contributed by atoms with van der Waals surface area (Å²) in [6, 6.07) is -0.751. The molecule has 0 saturated heterocycles. The molecule has 0 aromatic heterocycles. The number of nitrogens with two attached hydrogens (primary N) is 2. The van der Waals surface area contributed by atoms with Gasteiger partial charge in [0, 0.05) is 28.3 Å². The lowest BCUT2D eigenvalue weighted by molar-refractivity contribution is -0.124. The molecule has 12 N–H and O–H groups in total. The molecule has 0 bridgehead atoms. The summed E-state index contributed by atoms with van der Waals surface area (Å²) in [4.78, 5) is 22.4. The number of methoxy groups -OCH3 is 1. The van der Waals surface area contributed by atoms with Crippen LogP contribution < -0.4 is 27.4 Å². The topological polar surface area (TPSA) is 235 Å². The van der Waals surface area contributed by atoms with Gasteiger partial charge in [0.25, 0.3) is 5.91 Å². The molecule has 2 fully saturated rings. The number of alkyl halides is 3. The van der Waals surface area contributed by atoms with E-state index in [-0.39, 0.29) is 44.4 Å². The van der Waals surface area contributed by atoms with E-state index in [1.807, 2.05) is 0 Å². The molecule has 2 rings (SSSR count). The average Bonchev–Trinajstić information content (AvgIpc) is 3.79. The number of carbonyl (C=O) groups excluding carboxylic acids is 2. The molecule has 41 heavy (non-hydrogen) atoms. The highest BCUT2D eigenvalue weighted by Crippen LogP contribution is 2.50. The molecule has 1 unspecified atom stereocenters. The van der Waals surface area contributed by atoms with Gasteiger partial charge in [0.15, 0.2) is 0 Å². The number of rotatable bonds is 15. The van der Waals surface area contributed by atoms with Gasteiger partial charge in [-0.25, -0.2) is 0 Å². The van der Waals surface area contributed by atoms with Crippen LogP contribution in [0.15, 0.2) is 23.7 Å². The van der Waals surface area contributed by atoms with Crippen molar-refractivity contribution >= 4 is 29.2 Å². The number of halogens is 4. The minimum atomic E-state index is -4.40. The highest BCUT2D eigenvalue weighted by Gasteiger charge is 2.42. The Hall–Kier alpha value is -3.37. The maximum absolute atomic E-state index is 13.7. The third-order valence-electron chi connectivity index (χ3n) is 5.95. The second-order valence-corrected chi connectivity index (χ2v) is 9.21. The van der Waals surface area contributed by atoms with E-state index in [1.54, 1.807) is 6.92 Å². The van der Waals surface area contributed by atoms with Crippen LogP contribution in [0.5, 0.6) is 0 Å². The number of allylic oxidation sites excluding steroid dienone is 2. The summed E-state index contributed by atoms with van der Waals surface area (Å²) < 4.78 is 56.2. The molecule has 0 aromatic rings. The first kappa shape index (κ1) is 39.8. The van der Waals surface area contributed by atoms with E-state index >= 15 is 0 Å². The van der Waals surface area contributed by atoms with E-state index in [0.29, 0.717) is 17.8 Å². The summed E-state index contributed by atoms with van der Waals surface area (Å²) in [5.74, 6) is -1.14. The molecule has 16 heteroatoms. The zero-order valence-corrected chi connectivity index (χ0v) is 23.8. The van der Waals surface area contributed by atoms with Crippen LogP contribution in [0.25, 0.3) is 0 Å². The Morgan fingerprint density at radius 3 is 1.95 bits per heavy atom. The Labute approximate surface area is 240 Å². The van der Waals surface area contributed by atoms with E-state index in [2.05, 4.69) is 27.4 Å². The molecule has 2 amide bonds. The maximum Gasteiger partial charge on any atom is 0.405 e. The van der Waals surface area contributed by atoms with Crippen molar-refractivity contribution in [1.29, 1.82) is 16.2 Å². The van der Waals surface area contributed by atoms with Gasteiger partial charge in [0.05, 0.1) is 18.4 Å². The number of amides is 2. The standard InChI is InChI=1S/C20H30F4N4O2.C4H7N3O.CH5N.H2O.2H2/c1-3-15(27-11-20(22,23)24)17(10-30-2)26-9-16(19(21)25)28-18(29)8-14(12-4-5-12)13-6-7-13;1-2(5)3(6)4(7)8;1-2;;;/h3,9,12-14,17,25-27H,4-8,10-11H2,1-2H3,(H,28,29);5-6H,1H3,(H2,7,8);2H2,1H3;1H2;2*1H/b15-3-,16-9+,25-19?;;;;;. The van der Waals surface area contributed by atoms with Gasteiger partial charge in [0.1, 0.15) is 18.0 Å². The fraction of sp³-hybridized carbons (Fsp3) is 0.640. The summed E-state index contributed by atoms with van der Waals surface area (Å²) in [5, 5.41) is 28.1. The Kier molecular flexibility index (Phi) is 19.1. The van der Waals surface area contributed by atoms with Gasteiger partial charge in [0.2, 0.25) is 11.9 Å². The summed E-state index contributed by atoms with van der Waals surface area (Å²) in [7, 11) is 2.88. The van der Waals surface area contributed by atoms with E-state index in [0.717, 1.165) is 31.9 Å². The van der Waals surface area contributed by atoms with Gasteiger partial charge < -0.3 is 43.0 Å². The molecule has 2 aliphatic rings. The Morgan fingerprint density at radius 1 is 1.12 bits per heavy atom. The number of nitrogens with one attached hydrogen (secondary N) is 6. The largest absolute Gasteiger partial charge is 0.412 e. The van der Waals surface area contributed by atoms with Crippen LogP contribution in [-0.2, 0) is 14.3 Å². The van der Waals surface area contributed by atoms with Crippen LogP contribution in [0.2, 0.25) is 0 Å². The van der Waals surface area contributed by atoms with Crippen molar-refractivity contribution in [2.45, 2.75) is 58.2 Å². The smallest absolute Gasteiger partial charge is 0.405 e. The lowest BCUT2D eigenvalue weighted by atomic mass is 9.94. The molecule has 240 valence electrons. The highest BCUT2D eigenvalue weighted by molar-refractivity contribution is 6.64. The lowest BCUT2D eigenvalue weighted by Gasteiger charge is -2.23. The van der Waals surface area contributed by atoms with Gasteiger partial charge in [-0.15, -0.1) is 0 Å². The molecule has 2 aliphatic carbocycles. The van der Waals surface area contributed by atoms with E-state index in [9.17, 15) is 27.2 Å². The van der Waals surface area contributed by atoms with E-state index in [4.69, 9.17) is 21.0 Å². The Morgan fingerprint density at radius 2 is 1.63 bits per heavy atom. The molecule has 0 aromatic carbocycles. The molecule has 0 aliphatic heterocycles. The van der Waals surface area contributed by atoms with Crippen LogP contribution >= 0.6 is 0 Å². The molecule has 1 atom stereocenters. The van der Waals surface area contributed by atoms with Crippen LogP contribution in [0.3, 0.4) is 0 Å². The van der Waals surface area contributed by atoms with Crippen LogP contribution in [0, 0.1) is 34.0 Å². The Balaban J connectivity index is -0.000000509. The molecular formula is C25H48F4N8O4. The lowest BCUT2D eigenvalue weighted by Crippen LogP contribution is -2.41. The van der Waals surface area contributed by atoms with Crippen LogP contribution in [-0.4, -0.2) is 74.2 Å². The zero-order valence-electron chi connectivity index (χ0n) is 23.8. The summed E-state index contributed by atoms with van der Waals surface area (Å²) in [6.07, 6.45) is 2.90. The monoisotopic (exact) mass is 600 g/mol. The molecule has 0 spiro atoms. The van der Waals surface area contributed by atoms with Crippen molar-refractivity contribution in [3.05, 3.63) is 23.7 Å². The molecule has 2 saturated carbocycles. The summed E-state index contributed by atoms with van der Waals surface area (Å²) >= 11 is 0. The van der Waals surface area contributed by atoms with Crippen molar-refractivity contribution in [1.82, 2.24) is 16.0 Å². The maximum atomic E-state index is 13.7. The van der Waals surface area contributed by atoms with Crippen LogP contribution in [0.4, 0.5) is 17.6 Å². The average molecular weight is 601 g/mol. The number of carbonyl (C=O) groups is 2. The summed E-state index contributed by atoms with van der Waals surface area (Å²) in [5.41, 5.74) is 8.44. The minimum Gasteiger partial charge on any atom is -0.412 e. The van der Waals surface area contributed by atoms with Gasteiger partial charge in [-0.05, 0) is 64.3 Å². The molecule has 0 radical (unpaired) electrons. The second-order valence-electron chi connectivity index (χ2n) is 9.21. The van der Waals surface area contributed by atoms with Crippen molar-refractivity contribution in [3.63, 3.8) is 0 Å². The minimum absolute atomic E-state index is 0. The van der Waals surface area contributed by atoms with Crippen LogP contribution in [0.1, 0.15) is 48.8 Å². The quantitative estimate of drug-likeness (QED) is 0.103. The summed E-state index contributed by atoms with van der Waals surface area (Å²) in [6.45, 7) is 1.66. The Bertz CT molecular complexity index is 932. The van der Waals surface area contributed by atoms with Crippen molar-refractivity contribution in [2.24, 2.45) is 29.2 Å². The number of primary amides is 1. The van der Waals surface area contributed by atoms with E-state index < -0.39 is 36.3 Å². The number of hydrogen-bond donors (Lipinski definition) is 8. The third-order valence-corrected chi connectivity index (χ3v) is 5.95. The van der Waals surface area contributed by atoms with Gasteiger partial charge in [-0.3, -0.25) is 20.4 Å². The first-order valence-electron chi connectivity index (χ1n) is 12.7. The first-order valence-corrected chi connectivity index (χ1v) is 12.7. The predicted octanol–water partition coefficient (Wildman–Crippen LogP) is 2.15. The normalized spacial score (nSPS) is 15.6. The second kappa shape index (κ2) is 19.7. The number of hydrogen-bond acceptors (Lipinski definition) is 9. The van der Waals surface area contributed by atoms with Gasteiger partial charge >= 0.3 is 6.18 Å². The highest BCUT2D eigenvalue weighted by atomic mass is 19.4. The molecule has 12 nitrogen and oxygen atoms in total. The predicted molar refractivity (Wildman–Crippen MR) is 154 cm³/mol. The van der Waals surface area contributed by atoms with Gasteiger partial charge in [-0.1, -0.05) is 6.08 Å². The van der Waals surface area contributed by atoms with E-state index in [1.165, 1.54) is 27.2 Å². The molecular weight excluding hydrogens is 552 g/mol. The SMILES string of the molecule is C/C=C(\NCC(F)(F)F)C(COC)N/C=C(/NC(=O)CC(C1CC1)C1CC1)C(=N)F.CC(=N)C(=N)C(N)=O.CN.O.[HH].[HH]. The van der Waals surface area contributed by atoms with Crippen molar-refractivity contribution in [3.8, 4) is 0 Å². The zero-order chi connectivity index (χ0) is 31.0. The first-order chi connectivity index (χ1) is 18.7. The fourth-order valence-electron chi connectivity index (χ4n) is 3.73. The fourth-order valence-corrected chi connectivity index (χ4v) is 3.73. The van der Waals surface area contributed by atoms with Crippen molar-refractivity contribution in [2.75, 3.05) is 27.3 Å². The third kappa shape index (κ3) is 17.1. The molecule has 0 heterocycles. The van der Waals surface area contributed by atoms with Gasteiger partial charge in [-0.2, -0.15) is 17.6 Å².